The van der Waals surface area contributed by atoms with Crippen LogP contribution in [0.25, 0.3) is 0 Å². The van der Waals surface area contributed by atoms with E-state index in [-0.39, 0.29) is 18.0 Å². The number of methoxy groups -OCH3 is 1. The molecule has 2 aliphatic heterocycles. The zero-order chi connectivity index (χ0) is 15.0. The van der Waals surface area contributed by atoms with Gasteiger partial charge in [-0.3, -0.25) is 4.79 Å². The molecule has 0 spiro atoms. The predicted octanol–water partition coefficient (Wildman–Crippen LogP) is 0.127. The van der Waals surface area contributed by atoms with Crippen molar-refractivity contribution in [3.05, 3.63) is 23.8 Å². The highest BCUT2D eigenvalue weighted by Gasteiger charge is 2.37. The maximum Gasteiger partial charge on any atom is 0.317 e. The molecule has 7 nitrogen and oxygen atoms in total. The highest BCUT2D eigenvalue weighted by Crippen LogP contribution is 2.23. The van der Waals surface area contributed by atoms with Gasteiger partial charge < -0.3 is 25.6 Å². The minimum absolute atomic E-state index is 0.0435. The topological polar surface area (TPSA) is 87.9 Å². The third-order valence-electron chi connectivity index (χ3n) is 4.01. The number of hydrogen-bond donors (Lipinski definition) is 2. The summed E-state index contributed by atoms with van der Waals surface area (Å²) in [6.45, 7) is 2.16. The van der Waals surface area contributed by atoms with Crippen LogP contribution in [-0.4, -0.2) is 61.1 Å². The van der Waals surface area contributed by atoms with Gasteiger partial charge in [-0.1, -0.05) is 0 Å². The lowest BCUT2D eigenvalue weighted by atomic mass is 10.1. The Balaban J connectivity index is 1.78. The number of benzene rings is 1. The van der Waals surface area contributed by atoms with Crippen molar-refractivity contribution < 1.29 is 14.3 Å². The van der Waals surface area contributed by atoms with E-state index >= 15 is 0 Å². The average Bonchev–Trinajstić information content (AvgIpc) is 2.88. The largest absolute Gasteiger partial charge is 0.497 e. The number of carbonyl (C=O) groups excluding carboxylic acids is 2. The van der Waals surface area contributed by atoms with E-state index in [0.29, 0.717) is 43.2 Å². The number of amides is 3. The molecule has 21 heavy (non-hydrogen) atoms. The number of ether oxygens (including phenoxy) is 1. The zero-order valence-electron chi connectivity index (χ0n) is 11.8. The molecular formula is C14H18N4O3. The van der Waals surface area contributed by atoms with Crippen LogP contribution in [0.15, 0.2) is 18.2 Å². The fraction of sp³-hybridized carbons (Fsp3) is 0.429. The van der Waals surface area contributed by atoms with Crippen molar-refractivity contribution in [2.75, 3.05) is 39.0 Å². The highest BCUT2D eigenvalue weighted by molar-refractivity contribution is 5.99. The molecule has 7 heteroatoms. The van der Waals surface area contributed by atoms with Crippen molar-refractivity contribution in [2.45, 2.75) is 6.04 Å². The molecule has 3 amide bonds. The summed E-state index contributed by atoms with van der Waals surface area (Å²) in [7, 11) is 1.55. The molecule has 3 N–H and O–H groups in total. The lowest BCUT2D eigenvalue weighted by Crippen LogP contribution is -2.53. The van der Waals surface area contributed by atoms with Gasteiger partial charge in [0.15, 0.2) is 0 Å². The second-order valence-electron chi connectivity index (χ2n) is 5.24. The molecule has 1 unspecified atom stereocenters. The lowest BCUT2D eigenvalue weighted by Gasteiger charge is -2.36. The minimum atomic E-state index is -0.120. The van der Waals surface area contributed by atoms with E-state index in [4.69, 9.17) is 10.5 Å². The van der Waals surface area contributed by atoms with Crippen LogP contribution in [0.4, 0.5) is 10.5 Å². The van der Waals surface area contributed by atoms with Crippen molar-refractivity contribution >= 4 is 17.6 Å². The number of hydrogen-bond acceptors (Lipinski definition) is 4. The van der Waals surface area contributed by atoms with Gasteiger partial charge in [0.05, 0.1) is 18.7 Å². The molecule has 0 aromatic heterocycles. The Morgan fingerprint density at radius 1 is 1.43 bits per heavy atom. The second-order valence-corrected chi connectivity index (χ2v) is 5.24. The summed E-state index contributed by atoms with van der Waals surface area (Å²) in [5.74, 6) is 0.481. The molecule has 2 fully saturated rings. The van der Waals surface area contributed by atoms with Crippen LogP contribution in [0.1, 0.15) is 10.4 Å². The molecule has 2 heterocycles. The Kier molecular flexibility index (Phi) is 3.32. The van der Waals surface area contributed by atoms with Gasteiger partial charge in [0.25, 0.3) is 5.91 Å². The zero-order valence-corrected chi connectivity index (χ0v) is 11.8. The van der Waals surface area contributed by atoms with E-state index in [1.807, 2.05) is 0 Å². The fourth-order valence-electron chi connectivity index (χ4n) is 2.81. The predicted molar refractivity (Wildman–Crippen MR) is 77.2 cm³/mol. The van der Waals surface area contributed by atoms with E-state index in [1.54, 1.807) is 35.1 Å². The molecule has 0 radical (unpaired) electrons. The van der Waals surface area contributed by atoms with Gasteiger partial charge in [0.1, 0.15) is 5.75 Å². The summed E-state index contributed by atoms with van der Waals surface area (Å²) in [6.07, 6.45) is 0. The third kappa shape index (κ3) is 2.35. The summed E-state index contributed by atoms with van der Waals surface area (Å²) >= 11 is 0. The van der Waals surface area contributed by atoms with E-state index < -0.39 is 0 Å². The van der Waals surface area contributed by atoms with E-state index in [9.17, 15) is 9.59 Å². The first kappa shape index (κ1) is 13.5. The number of rotatable bonds is 2. The van der Waals surface area contributed by atoms with E-state index in [0.717, 1.165) is 0 Å². The molecule has 1 atom stereocenters. The van der Waals surface area contributed by atoms with Gasteiger partial charge in [-0.2, -0.15) is 0 Å². The molecule has 3 rings (SSSR count). The van der Waals surface area contributed by atoms with Gasteiger partial charge in [-0.25, -0.2) is 4.79 Å². The first-order valence-corrected chi connectivity index (χ1v) is 6.87. The van der Waals surface area contributed by atoms with Crippen LogP contribution in [0.2, 0.25) is 0 Å². The van der Waals surface area contributed by atoms with Crippen molar-refractivity contribution in [3.63, 3.8) is 0 Å². The number of nitrogens with zero attached hydrogens (tertiary/aromatic N) is 2. The van der Waals surface area contributed by atoms with Crippen molar-refractivity contribution in [1.29, 1.82) is 0 Å². The Hall–Kier alpha value is -2.44. The smallest absolute Gasteiger partial charge is 0.317 e. The molecule has 112 valence electrons. The Morgan fingerprint density at radius 3 is 3.00 bits per heavy atom. The van der Waals surface area contributed by atoms with Crippen molar-refractivity contribution in [2.24, 2.45) is 0 Å². The normalized spacial score (nSPS) is 21.0. The average molecular weight is 290 g/mol. The van der Waals surface area contributed by atoms with Crippen LogP contribution in [0.3, 0.4) is 0 Å². The summed E-state index contributed by atoms with van der Waals surface area (Å²) in [5.41, 5.74) is 6.78. The SMILES string of the molecule is COc1ccc(N)c(C(=O)N2CCN3C(=O)NCC3C2)c1. The molecule has 2 saturated heterocycles. The maximum atomic E-state index is 12.6. The third-order valence-corrected chi connectivity index (χ3v) is 4.01. The molecule has 0 saturated carbocycles. The van der Waals surface area contributed by atoms with Crippen LogP contribution in [0, 0.1) is 0 Å². The summed E-state index contributed by atoms with van der Waals surface area (Å²) in [5, 5.41) is 2.79. The Morgan fingerprint density at radius 2 is 2.24 bits per heavy atom. The lowest BCUT2D eigenvalue weighted by molar-refractivity contribution is 0.0617. The van der Waals surface area contributed by atoms with Crippen LogP contribution in [0.5, 0.6) is 5.75 Å². The molecule has 2 aliphatic rings. The maximum absolute atomic E-state index is 12.6. The fourth-order valence-corrected chi connectivity index (χ4v) is 2.81. The first-order chi connectivity index (χ1) is 10.1. The van der Waals surface area contributed by atoms with E-state index in [2.05, 4.69) is 5.32 Å². The van der Waals surface area contributed by atoms with Crippen LogP contribution < -0.4 is 15.8 Å². The molecule has 1 aromatic rings. The van der Waals surface area contributed by atoms with Gasteiger partial charge in [-0.05, 0) is 18.2 Å². The Labute approximate surface area is 122 Å². The van der Waals surface area contributed by atoms with Gasteiger partial charge in [-0.15, -0.1) is 0 Å². The number of nitrogens with one attached hydrogen (secondary N) is 1. The van der Waals surface area contributed by atoms with Gasteiger partial charge in [0, 0.05) is 31.9 Å². The number of nitrogens with two attached hydrogens (primary N) is 1. The second kappa shape index (κ2) is 5.16. The number of nitrogen functional groups attached to an aromatic ring is 1. The van der Waals surface area contributed by atoms with Crippen LogP contribution >= 0.6 is 0 Å². The van der Waals surface area contributed by atoms with Gasteiger partial charge >= 0.3 is 6.03 Å². The Bertz CT molecular complexity index is 590. The van der Waals surface area contributed by atoms with Crippen molar-refractivity contribution in [1.82, 2.24) is 15.1 Å². The number of fused-ring (bicyclic) bond motifs is 1. The molecule has 0 bridgehead atoms. The monoisotopic (exact) mass is 290 g/mol. The molecule has 0 aliphatic carbocycles. The number of carbonyl (C=O) groups is 2. The van der Waals surface area contributed by atoms with E-state index in [1.165, 1.54) is 0 Å². The highest BCUT2D eigenvalue weighted by atomic mass is 16.5. The van der Waals surface area contributed by atoms with Crippen molar-refractivity contribution in [3.8, 4) is 5.75 Å². The minimum Gasteiger partial charge on any atom is -0.497 e. The number of piperazine rings is 1. The summed E-state index contributed by atoms with van der Waals surface area (Å²) in [4.78, 5) is 27.7. The quantitative estimate of drug-likeness (QED) is 0.758. The summed E-state index contributed by atoms with van der Waals surface area (Å²) < 4.78 is 5.14. The number of anilines is 1. The summed E-state index contributed by atoms with van der Waals surface area (Å²) in [6, 6.07) is 5.05. The standard InChI is InChI=1S/C14H18N4O3/c1-21-10-2-3-12(15)11(6-10)13(19)17-4-5-18-9(8-17)7-16-14(18)20/h2-3,6,9H,4-5,7-8,15H2,1H3,(H,16,20). The number of urea groups is 1. The van der Waals surface area contributed by atoms with Gasteiger partial charge in [0.2, 0.25) is 0 Å². The molecule has 1 aromatic carbocycles. The first-order valence-electron chi connectivity index (χ1n) is 6.87. The molecular weight excluding hydrogens is 272 g/mol. The van der Waals surface area contributed by atoms with Crippen LogP contribution in [-0.2, 0) is 0 Å².